The Morgan fingerprint density at radius 1 is 1.28 bits per heavy atom. The topological polar surface area (TPSA) is 134 Å². The van der Waals surface area contributed by atoms with Crippen LogP contribution in [0.3, 0.4) is 0 Å². The standard InChI is InChI=1S/C17H29N4O7P/c1-21-16-6-4-13-12(3-5-15(16)19-20-21)14(13)11-27-17(22)18-7-8-26-9-10-28-29(23,24)25-2/h12-14H,3-11H2,1-2H3,(H,18,22)(H,23,24)/t12-,13+,14-/m0/s1. The van der Waals surface area contributed by atoms with Crippen molar-refractivity contribution in [3.05, 3.63) is 11.4 Å². The summed E-state index contributed by atoms with van der Waals surface area (Å²) < 4.78 is 32.4. The van der Waals surface area contributed by atoms with Crippen LogP contribution in [0.2, 0.25) is 0 Å². The number of ether oxygens (including phenoxy) is 2. The van der Waals surface area contributed by atoms with Crippen molar-refractivity contribution in [1.29, 1.82) is 0 Å². The number of rotatable bonds is 10. The Labute approximate surface area is 169 Å². The van der Waals surface area contributed by atoms with Gasteiger partial charge in [-0.1, -0.05) is 5.21 Å². The first-order valence-electron chi connectivity index (χ1n) is 9.80. The van der Waals surface area contributed by atoms with Gasteiger partial charge in [0.1, 0.15) is 0 Å². The van der Waals surface area contributed by atoms with E-state index in [0.717, 1.165) is 38.5 Å². The maximum atomic E-state index is 11.8. The molecule has 1 saturated carbocycles. The van der Waals surface area contributed by atoms with E-state index < -0.39 is 13.9 Å². The molecule has 1 aromatic heterocycles. The molecule has 29 heavy (non-hydrogen) atoms. The van der Waals surface area contributed by atoms with E-state index >= 15 is 0 Å². The summed E-state index contributed by atoms with van der Waals surface area (Å²) in [5.41, 5.74) is 2.33. The zero-order valence-corrected chi connectivity index (χ0v) is 17.7. The van der Waals surface area contributed by atoms with Crippen LogP contribution in [-0.4, -0.2) is 66.1 Å². The lowest BCUT2D eigenvalue weighted by atomic mass is 10.0. The Morgan fingerprint density at radius 3 is 2.79 bits per heavy atom. The van der Waals surface area contributed by atoms with Crippen LogP contribution in [0, 0.1) is 17.8 Å². The van der Waals surface area contributed by atoms with Crippen molar-refractivity contribution < 1.29 is 32.8 Å². The maximum Gasteiger partial charge on any atom is 0.471 e. The molecule has 0 aliphatic heterocycles. The van der Waals surface area contributed by atoms with Crippen molar-refractivity contribution in [1.82, 2.24) is 20.3 Å². The fourth-order valence-electron chi connectivity index (χ4n) is 3.97. The van der Waals surface area contributed by atoms with Crippen LogP contribution in [0.4, 0.5) is 4.79 Å². The van der Waals surface area contributed by atoms with Crippen molar-refractivity contribution in [3.8, 4) is 0 Å². The Bertz CT molecular complexity index is 743. The minimum atomic E-state index is -3.97. The highest BCUT2D eigenvalue weighted by Gasteiger charge is 2.50. The van der Waals surface area contributed by atoms with Gasteiger partial charge < -0.3 is 19.7 Å². The number of amides is 1. The first kappa shape index (κ1) is 22.2. The molecular formula is C17H29N4O7P. The molecule has 1 fully saturated rings. The molecule has 1 unspecified atom stereocenters. The number of hydrogen-bond donors (Lipinski definition) is 2. The van der Waals surface area contributed by atoms with Gasteiger partial charge in [-0.15, -0.1) is 5.10 Å². The molecule has 1 aromatic rings. The van der Waals surface area contributed by atoms with Crippen LogP contribution < -0.4 is 5.32 Å². The third-order valence-electron chi connectivity index (χ3n) is 5.60. The summed E-state index contributed by atoms with van der Waals surface area (Å²) in [6, 6.07) is 0. The van der Waals surface area contributed by atoms with Gasteiger partial charge >= 0.3 is 13.9 Å². The minimum absolute atomic E-state index is 0.0774. The summed E-state index contributed by atoms with van der Waals surface area (Å²) in [6.07, 6.45) is 3.59. The Kier molecular flexibility index (Phi) is 7.64. The first-order valence-corrected chi connectivity index (χ1v) is 11.3. The molecule has 4 atom stereocenters. The van der Waals surface area contributed by atoms with Crippen LogP contribution in [0.5, 0.6) is 0 Å². The largest absolute Gasteiger partial charge is 0.471 e. The first-order chi connectivity index (χ1) is 13.9. The molecule has 12 heteroatoms. The lowest BCUT2D eigenvalue weighted by molar-refractivity contribution is 0.0807. The second-order valence-electron chi connectivity index (χ2n) is 7.30. The summed E-state index contributed by atoms with van der Waals surface area (Å²) in [5, 5.41) is 11.0. The smallest absolute Gasteiger partial charge is 0.449 e. The molecule has 1 amide bonds. The maximum absolute atomic E-state index is 11.8. The molecule has 0 bridgehead atoms. The molecule has 0 saturated heterocycles. The highest BCUT2D eigenvalue weighted by Crippen LogP contribution is 2.52. The molecule has 164 valence electrons. The molecule has 3 rings (SSSR count). The van der Waals surface area contributed by atoms with Gasteiger partial charge in [0.2, 0.25) is 0 Å². The number of aryl methyl sites for hydroxylation is 2. The van der Waals surface area contributed by atoms with E-state index in [-0.39, 0.29) is 26.4 Å². The third-order valence-corrected chi connectivity index (χ3v) is 6.57. The van der Waals surface area contributed by atoms with Gasteiger partial charge in [-0.3, -0.25) is 13.7 Å². The fraction of sp³-hybridized carbons (Fsp3) is 0.824. The molecule has 0 aromatic carbocycles. The van der Waals surface area contributed by atoms with Gasteiger partial charge in [-0.25, -0.2) is 9.36 Å². The predicted octanol–water partition coefficient (Wildman–Crippen LogP) is 1.06. The summed E-state index contributed by atoms with van der Waals surface area (Å²) in [5.74, 6) is 1.62. The predicted molar refractivity (Wildman–Crippen MR) is 101 cm³/mol. The number of nitrogens with zero attached hydrogens (tertiary/aromatic N) is 3. The summed E-state index contributed by atoms with van der Waals surface area (Å²) >= 11 is 0. The average molecular weight is 432 g/mol. The van der Waals surface area contributed by atoms with Crippen LogP contribution >= 0.6 is 7.82 Å². The number of phosphoric acid groups is 1. The van der Waals surface area contributed by atoms with Crippen LogP contribution in [0.25, 0.3) is 0 Å². The molecule has 0 spiro atoms. The molecular weight excluding hydrogens is 403 g/mol. The van der Waals surface area contributed by atoms with Crippen LogP contribution in [-0.2, 0) is 43.0 Å². The zero-order chi connectivity index (χ0) is 20.9. The van der Waals surface area contributed by atoms with Gasteiger partial charge in [-0.05, 0) is 43.4 Å². The van der Waals surface area contributed by atoms with Gasteiger partial charge in [-0.2, -0.15) is 0 Å². The number of carbonyl (C=O) groups is 1. The Morgan fingerprint density at radius 2 is 2.03 bits per heavy atom. The molecule has 11 nitrogen and oxygen atoms in total. The van der Waals surface area contributed by atoms with Gasteiger partial charge in [0, 0.05) is 20.7 Å². The number of phosphoric ester groups is 1. The van der Waals surface area contributed by atoms with E-state index in [4.69, 9.17) is 14.4 Å². The number of carbonyl (C=O) groups excluding carboxylic acids is 1. The van der Waals surface area contributed by atoms with Crippen molar-refractivity contribution in [2.75, 3.05) is 40.1 Å². The van der Waals surface area contributed by atoms with Crippen LogP contribution in [0.1, 0.15) is 24.2 Å². The lowest BCUT2D eigenvalue weighted by Crippen LogP contribution is -2.29. The SMILES string of the molecule is COP(=O)(O)OCCOCCNC(=O)OC[C@@H]1[C@@H]2CCc3c(nnn3C)CC[C@@H]21. The monoisotopic (exact) mass is 432 g/mol. The average Bonchev–Trinajstić information content (AvgIpc) is 3.22. The fourth-order valence-corrected chi connectivity index (χ4v) is 4.38. The second kappa shape index (κ2) is 9.99. The molecule has 2 aliphatic carbocycles. The summed E-state index contributed by atoms with van der Waals surface area (Å²) in [7, 11) is -0.945. The number of alkyl carbamates (subject to hydrolysis) is 1. The van der Waals surface area contributed by atoms with Crippen LogP contribution in [0.15, 0.2) is 0 Å². The van der Waals surface area contributed by atoms with E-state index in [1.54, 1.807) is 0 Å². The number of hydrogen-bond acceptors (Lipinski definition) is 8. The zero-order valence-electron chi connectivity index (χ0n) is 16.8. The van der Waals surface area contributed by atoms with E-state index in [9.17, 15) is 9.36 Å². The van der Waals surface area contributed by atoms with Crippen molar-refractivity contribution >= 4 is 13.9 Å². The highest BCUT2D eigenvalue weighted by molar-refractivity contribution is 7.47. The normalized spacial score (nSPS) is 25.1. The lowest BCUT2D eigenvalue weighted by Gasteiger charge is -2.10. The molecule has 2 aliphatic rings. The Balaban J connectivity index is 1.24. The van der Waals surface area contributed by atoms with E-state index in [1.807, 2.05) is 11.7 Å². The van der Waals surface area contributed by atoms with Crippen molar-refractivity contribution in [2.24, 2.45) is 24.8 Å². The van der Waals surface area contributed by atoms with E-state index in [1.165, 1.54) is 5.69 Å². The second-order valence-corrected chi connectivity index (χ2v) is 8.86. The van der Waals surface area contributed by atoms with Crippen molar-refractivity contribution in [3.63, 3.8) is 0 Å². The number of nitrogens with one attached hydrogen (secondary N) is 1. The van der Waals surface area contributed by atoms with Gasteiger partial charge in [0.25, 0.3) is 0 Å². The summed E-state index contributed by atoms with van der Waals surface area (Å²) in [4.78, 5) is 20.9. The van der Waals surface area contributed by atoms with Gasteiger partial charge in [0.15, 0.2) is 0 Å². The van der Waals surface area contributed by atoms with E-state index in [0.29, 0.717) is 24.4 Å². The minimum Gasteiger partial charge on any atom is -0.449 e. The Hall–Kier alpha value is -1.52. The highest BCUT2D eigenvalue weighted by atomic mass is 31.2. The number of fused-ring (bicyclic) bond motifs is 2. The number of aromatic nitrogens is 3. The van der Waals surface area contributed by atoms with E-state index in [2.05, 4.69) is 24.7 Å². The third kappa shape index (κ3) is 6.23. The van der Waals surface area contributed by atoms with Crippen molar-refractivity contribution in [2.45, 2.75) is 25.7 Å². The summed E-state index contributed by atoms with van der Waals surface area (Å²) in [6.45, 7) is 0.996. The quantitative estimate of drug-likeness (QED) is 0.411. The molecule has 1 heterocycles. The molecule has 0 radical (unpaired) electrons. The van der Waals surface area contributed by atoms with Gasteiger partial charge in [0.05, 0.1) is 37.8 Å². The molecule has 2 N–H and O–H groups in total.